The SMILES string of the molecule is C=CCN1CC(=O)N2[C@@H](Cc3ccc(O)cc3)C(=O)N(Cc3cccc4c3nnn4CC(=O)NCCOC)C[C@@H]2N1C(=O)NCc1ccccc1. The molecular formula is C36H41N9O6. The molecule has 266 valence electrons. The fourth-order valence-electron chi connectivity index (χ4n) is 6.54. The van der Waals surface area contributed by atoms with Gasteiger partial charge in [-0.05, 0) is 29.3 Å². The zero-order valence-electron chi connectivity index (χ0n) is 28.4. The number of methoxy groups -OCH3 is 1. The number of carbonyl (C=O) groups excluding carboxylic acids is 4. The zero-order valence-corrected chi connectivity index (χ0v) is 28.4. The first kappa shape index (κ1) is 35.0. The van der Waals surface area contributed by atoms with Crippen LogP contribution in [0.25, 0.3) is 11.0 Å². The maximum atomic E-state index is 14.4. The van der Waals surface area contributed by atoms with Gasteiger partial charge in [-0.15, -0.1) is 11.7 Å². The third kappa shape index (κ3) is 7.84. The monoisotopic (exact) mass is 695 g/mol. The van der Waals surface area contributed by atoms with Gasteiger partial charge in [0.15, 0.2) is 0 Å². The average Bonchev–Trinajstić information content (AvgIpc) is 3.53. The Balaban J connectivity index is 1.32. The van der Waals surface area contributed by atoms with Crippen LogP contribution in [-0.2, 0) is 45.2 Å². The van der Waals surface area contributed by atoms with Crippen LogP contribution in [0.3, 0.4) is 0 Å². The van der Waals surface area contributed by atoms with Crippen LogP contribution in [-0.4, -0.2) is 116 Å². The van der Waals surface area contributed by atoms with Crippen LogP contribution in [0.4, 0.5) is 4.79 Å². The van der Waals surface area contributed by atoms with Gasteiger partial charge in [-0.25, -0.2) is 19.5 Å². The van der Waals surface area contributed by atoms with Crippen molar-refractivity contribution in [3.05, 3.63) is 102 Å². The molecule has 15 nitrogen and oxygen atoms in total. The fourth-order valence-corrected chi connectivity index (χ4v) is 6.54. The highest BCUT2D eigenvalue weighted by atomic mass is 16.5. The van der Waals surface area contributed by atoms with E-state index in [-0.39, 0.29) is 69.2 Å². The average molecular weight is 696 g/mol. The van der Waals surface area contributed by atoms with Gasteiger partial charge in [-0.3, -0.25) is 14.4 Å². The second-order valence-electron chi connectivity index (χ2n) is 12.4. The predicted molar refractivity (Wildman–Crippen MR) is 186 cm³/mol. The van der Waals surface area contributed by atoms with Gasteiger partial charge in [-0.1, -0.05) is 65.9 Å². The molecule has 2 aliphatic rings. The maximum Gasteiger partial charge on any atom is 0.334 e. The van der Waals surface area contributed by atoms with E-state index in [0.717, 1.165) is 11.1 Å². The number of phenols is 1. The van der Waals surface area contributed by atoms with Gasteiger partial charge < -0.3 is 30.3 Å². The number of ether oxygens (including phenoxy) is 1. The minimum absolute atomic E-state index is 0.0233. The molecule has 1 aromatic heterocycles. The van der Waals surface area contributed by atoms with Crippen molar-refractivity contribution in [1.82, 2.24) is 45.4 Å². The lowest BCUT2D eigenvalue weighted by Gasteiger charge is -2.55. The number of nitrogens with one attached hydrogen (secondary N) is 2. The van der Waals surface area contributed by atoms with Gasteiger partial charge in [-0.2, -0.15) is 0 Å². The highest BCUT2D eigenvalue weighted by Crippen LogP contribution is 2.30. The molecule has 0 aliphatic carbocycles. The lowest BCUT2D eigenvalue weighted by molar-refractivity contribution is -0.189. The number of carbonyl (C=O) groups is 4. The summed E-state index contributed by atoms with van der Waals surface area (Å²) in [5, 5.41) is 27.4. The topological polar surface area (TPSA) is 165 Å². The molecule has 2 aliphatic heterocycles. The molecule has 6 rings (SSSR count). The number of amides is 5. The molecule has 5 amide bonds. The van der Waals surface area contributed by atoms with Crippen LogP contribution in [0, 0.1) is 0 Å². The molecule has 15 heteroatoms. The standard InChI is InChI=1S/C36H41N9O6/c1-3-17-42-24-33(48)44-30(19-25-12-14-28(46)15-13-25)35(49)41(23-32(44)45(42)36(50)38-20-26-8-5-4-6-9-26)21-27-10-7-11-29-34(27)39-40-43(29)22-31(47)37-16-18-51-2/h3-15,30,32,46H,1,16-24H2,2H3,(H,37,47)(H,38,50)/t30-,32-/m0/s1. The Morgan fingerprint density at radius 1 is 1.02 bits per heavy atom. The Labute approximate surface area is 295 Å². The van der Waals surface area contributed by atoms with Crippen LogP contribution < -0.4 is 10.6 Å². The largest absolute Gasteiger partial charge is 0.508 e. The molecule has 2 atom stereocenters. The quantitative estimate of drug-likeness (QED) is 0.139. The van der Waals surface area contributed by atoms with Crippen LogP contribution in [0.1, 0.15) is 16.7 Å². The molecule has 3 N–H and O–H groups in total. The van der Waals surface area contributed by atoms with E-state index >= 15 is 0 Å². The number of hydrogen-bond acceptors (Lipinski definition) is 9. The van der Waals surface area contributed by atoms with E-state index in [2.05, 4.69) is 27.5 Å². The lowest BCUT2D eigenvalue weighted by atomic mass is 9.98. The molecule has 2 fully saturated rings. The van der Waals surface area contributed by atoms with Crippen LogP contribution in [0.15, 0.2) is 85.5 Å². The molecule has 0 saturated carbocycles. The van der Waals surface area contributed by atoms with E-state index in [1.54, 1.807) is 41.3 Å². The number of phenolic OH excluding ortho intramolecular Hbond substituents is 1. The van der Waals surface area contributed by atoms with Crippen molar-refractivity contribution < 1.29 is 29.0 Å². The number of urea groups is 1. The normalized spacial score (nSPS) is 17.8. The highest BCUT2D eigenvalue weighted by Gasteiger charge is 2.51. The van der Waals surface area contributed by atoms with E-state index in [9.17, 15) is 24.3 Å². The summed E-state index contributed by atoms with van der Waals surface area (Å²) in [7, 11) is 1.56. The minimum atomic E-state index is -0.943. The summed E-state index contributed by atoms with van der Waals surface area (Å²) in [6, 6.07) is 20.1. The van der Waals surface area contributed by atoms with Crippen LogP contribution in [0.2, 0.25) is 0 Å². The van der Waals surface area contributed by atoms with Crippen molar-refractivity contribution in [2.24, 2.45) is 0 Å². The maximum absolute atomic E-state index is 14.4. The van der Waals surface area contributed by atoms with Crippen LogP contribution in [0.5, 0.6) is 5.75 Å². The number of piperazine rings is 1. The summed E-state index contributed by atoms with van der Waals surface area (Å²) < 4.78 is 6.50. The van der Waals surface area contributed by atoms with E-state index in [4.69, 9.17) is 4.74 Å². The summed E-state index contributed by atoms with van der Waals surface area (Å²) in [5.41, 5.74) is 3.48. The highest BCUT2D eigenvalue weighted by molar-refractivity contribution is 5.92. The molecule has 3 aromatic carbocycles. The Bertz CT molecular complexity index is 1880. The van der Waals surface area contributed by atoms with E-state index in [0.29, 0.717) is 29.7 Å². The number of aromatic hydroxyl groups is 1. The number of nitrogens with zero attached hydrogens (tertiary/aromatic N) is 7. The van der Waals surface area contributed by atoms with Crippen molar-refractivity contribution in [2.45, 2.75) is 38.3 Å². The van der Waals surface area contributed by atoms with Gasteiger partial charge in [0.25, 0.3) is 0 Å². The summed E-state index contributed by atoms with van der Waals surface area (Å²) in [6.45, 7) is 5.04. The molecular weight excluding hydrogens is 654 g/mol. The van der Waals surface area contributed by atoms with Gasteiger partial charge in [0.05, 0.1) is 25.2 Å². The smallest absolute Gasteiger partial charge is 0.334 e. The van der Waals surface area contributed by atoms with E-state index < -0.39 is 18.2 Å². The van der Waals surface area contributed by atoms with Crippen molar-refractivity contribution in [2.75, 3.05) is 39.9 Å². The molecule has 0 spiro atoms. The first-order valence-corrected chi connectivity index (χ1v) is 16.7. The van der Waals surface area contributed by atoms with Gasteiger partial charge in [0.1, 0.15) is 30.0 Å². The van der Waals surface area contributed by atoms with E-state index in [1.807, 2.05) is 42.5 Å². The van der Waals surface area contributed by atoms with Crippen molar-refractivity contribution in [3.8, 4) is 5.75 Å². The number of benzene rings is 3. The Kier molecular flexibility index (Phi) is 10.9. The van der Waals surface area contributed by atoms with Crippen molar-refractivity contribution >= 4 is 34.8 Å². The van der Waals surface area contributed by atoms with Crippen molar-refractivity contribution in [3.63, 3.8) is 0 Å². The summed E-state index contributed by atoms with van der Waals surface area (Å²) >= 11 is 0. The van der Waals surface area contributed by atoms with Crippen LogP contribution >= 0.6 is 0 Å². The Morgan fingerprint density at radius 2 is 1.80 bits per heavy atom. The molecule has 51 heavy (non-hydrogen) atoms. The third-order valence-corrected chi connectivity index (χ3v) is 8.94. The first-order valence-electron chi connectivity index (χ1n) is 16.7. The molecule has 0 bridgehead atoms. The second kappa shape index (κ2) is 15.8. The molecule has 0 unspecified atom stereocenters. The Morgan fingerprint density at radius 3 is 2.55 bits per heavy atom. The second-order valence-corrected chi connectivity index (χ2v) is 12.4. The number of rotatable bonds is 13. The zero-order chi connectivity index (χ0) is 35.9. The first-order chi connectivity index (χ1) is 24.8. The number of aromatic nitrogens is 3. The summed E-state index contributed by atoms with van der Waals surface area (Å²) in [6.07, 6.45) is 0.951. The molecule has 2 saturated heterocycles. The lowest BCUT2D eigenvalue weighted by Crippen LogP contribution is -2.76. The fraction of sp³-hybridized carbons (Fsp3) is 0.333. The number of fused-ring (bicyclic) bond motifs is 2. The van der Waals surface area contributed by atoms with Gasteiger partial charge in [0, 0.05) is 45.3 Å². The van der Waals surface area contributed by atoms with Gasteiger partial charge >= 0.3 is 6.03 Å². The van der Waals surface area contributed by atoms with Crippen molar-refractivity contribution in [1.29, 1.82) is 0 Å². The molecule has 4 aromatic rings. The minimum Gasteiger partial charge on any atom is -0.508 e. The third-order valence-electron chi connectivity index (χ3n) is 8.94. The number of hydrazine groups is 1. The summed E-state index contributed by atoms with van der Waals surface area (Å²) in [4.78, 5) is 58.0. The molecule has 3 heterocycles. The Hall–Kier alpha value is -5.80. The predicted octanol–water partition coefficient (Wildman–Crippen LogP) is 1.64. The van der Waals surface area contributed by atoms with Gasteiger partial charge in [0.2, 0.25) is 17.7 Å². The molecule has 0 radical (unpaired) electrons. The summed E-state index contributed by atoms with van der Waals surface area (Å²) in [5.74, 6) is -0.752. The van der Waals surface area contributed by atoms with E-state index in [1.165, 1.54) is 26.7 Å². The number of hydrogen-bond donors (Lipinski definition) is 3.